The van der Waals surface area contributed by atoms with Gasteiger partial charge in [-0.2, -0.15) is 0 Å². The summed E-state index contributed by atoms with van der Waals surface area (Å²) >= 11 is 5.59. The molecule has 8 rings (SSSR count). The molecule has 4 fully saturated rings. The molecule has 8 aliphatic rings. The van der Waals surface area contributed by atoms with Gasteiger partial charge >= 0.3 is 0 Å². The molecule has 0 aliphatic carbocycles. The summed E-state index contributed by atoms with van der Waals surface area (Å²) in [6.07, 6.45) is 12.7. The van der Waals surface area contributed by atoms with Crippen molar-refractivity contribution in [1.82, 2.24) is 50.3 Å². The van der Waals surface area contributed by atoms with E-state index in [9.17, 15) is 55.2 Å². The third-order valence-electron chi connectivity index (χ3n) is 14.1. The minimum Gasteiger partial charge on any atom is -0.392 e. The zero-order chi connectivity index (χ0) is 61.8. The Bertz CT molecular complexity index is 2940. The number of rotatable bonds is 14. The molecule has 8 aliphatic heterocycles. The predicted molar refractivity (Wildman–Crippen MR) is 285 cm³/mol. The van der Waals surface area contributed by atoms with Gasteiger partial charge in [0.25, 0.3) is 34.9 Å². The van der Waals surface area contributed by atoms with Gasteiger partial charge in [-0.05, 0) is 12.5 Å². The van der Waals surface area contributed by atoms with Crippen LogP contribution in [0.4, 0.5) is 0 Å². The third kappa shape index (κ3) is 13.2. The van der Waals surface area contributed by atoms with Crippen LogP contribution in [0.2, 0.25) is 0 Å². The molecule has 0 bridgehead atoms. The molecule has 0 radical (unpaired) electrons. The van der Waals surface area contributed by atoms with E-state index >= 15 is 0 Å². The molecule has 33 nitrogen and oxygen atoms in total. The fourth-order valence-electron chi connectivity index (χ4n) is 9.65. The maximum Gasteiger partial charge on any atom is 0.293 e. The molecule has 0 aromatic heterocycles. The first kappa shape index (κ1) is 65.6. The first-order valence-electron chi connectivity index (χ1n) is 24.8. The van der Waals surface area contributed by atoms with Crippen LogP contribution in [0, 0.1) is 52.6 Å². The summed E-state index contributed by atoms with van der Waals surface area (Å²) in [7, 11) is 0. The van der Waals surface area contributed by atoms with E-state index in [1.807, 2.05) is 6.92 Å². The van der Waals surface area contributed by atoms with E-state index in [2.05, 4.69) is 89.8 Å². The zero-order valence-corrected chi connectivity index (χ0v) is 45.5. The Morgan fingerprint density at radius 2 is 1.10 bits per heavy atom. The average molecular weight is 1180 g/mol. The van der Waals surface area contributed by atoms with E-state index in [1.165, 1.54) is 64.3 Å². The molecule has 3 amide bonds. The number of hydrogen-bond donors (Lipinski definition) is 15. The van der Waals surface area contributed by atoms with Crippen LogP contribution < -0.4 is 36.4 Å². The monoisotopic (exact) mass is 1180 g/mol. The Morgan fingerprint density at radius 1 is 0.687 bits per heavy atom. The van der Waals surface area contributed by atoms with Crippen molar-refractivity contribution in [2.24, 2.45) is 49.7 Å². The van der Waals surface area contributed by atoms with Crippen LogP contribution in [0.25, 0.3) is 0 Å². The number of nitrogens with two attached hydrogens (primary N) is 1. The minimum atomic E-state index is -1.79. The lowest BCUT2D eigenvalue weighted by Crippen LogP contribution is -2.44. The van der Waals surface area contributed by atoms with Gasteiger partial charge in [0, 0.05) is 60.4 Å². The summed E-state index contributed by atoms with van der Waals surface area (Å²) in [5, 5.41) is 97.2. The fourth-order valence-corrected chi connectivity index (χ4v) is 9.82. The van der Waals surface area contributed by atoms with Crippen LogP contribution in [0.3, 0.4) is 0 Å². The fraction of sp³-hybridized carbons (Fsp3) is 0.469. The molecule has 83 heavy (non-hydrogen) atoms. The van der Waals surface area contributed by atoms with Crippen molar-refractivity contribution >= 4 is 35.2 Å². The van der Waals surface area contributed by atoms with Gasteiger partial charge in [-0.1, -0.05) is 69.8 Å². The number of halogens is 1. The quantitative estimate of drug-likeness (QED) is 0.0374. The molecule has 16 atom stereocenters. The number of amides is 3. The maximum atomic E-state index is 11.3. The summed E-state index contributed by atoms with van der Waals surface area (Å²) < 4.78 is 22.6. The number of terminal acetylenes is 1. The molecule has 34 heteroatoms. The summed E-state index contributed by atoms with van der Waals surface area (Å²) in [6.45, 7) is 19.8. The number of aliphatic hydroxyl groups excluding tert-OH is 8. The van der Waals surface area contributed by atoms with Crippen LogP contribution in [-0.4, -0.2) is 183 Å². The molecule has 16 N–H and O–H groups in total. The lowest BCUT2D eigenvalue weighted by Gasteiger charge is -2.33. The molecule has 0 spiro atoms. The molecule has 0 aromatic rings. The third-order valence-corrected chi connectivity index (χ3v) is 14.2. The molecule has 446 valence electrons. The predicted octanol–water partition coefficient (Wildman–Crippen LogP) is -2.36. The Kier molecular flexibility index (Phi) is 21.9. The Hall–Kier alpha value is -8.22. The highest BCUT2D eigenvalue weighted by Gasteiger charge is 2.62. The SMILES string of the molecule is C#C[C@]1(CO)O[C@@H](N2C=CC(N)=NC2=C)[C@@H](C)[C@@H]1O.C=C1NC(=O)C=CN1[C@@H]1O[C@@](CO)(N=[N+]=N)[C@@H](O)[C@@H]1C=CCl.C=C1NC(=O)C=CN1[C@@H]1O[C@@](CO)(N=[N+]=N)[C@@H](O)[C@@H]1CC.C=C[C@@H]1[C@H](N2C=CC(=O)NC2=C)O[C@@](CO)(N=[N+]=N)[C@H]1O. The standard InChI is InChI=1S/C13H17N3O3.C12H14ClN5O4.C12H17N5O4.C12H15N5O4/c1-4-13(7-17)11(18)8(2)12(19-13)16-6-5-10(14)15-9(16)3;1-7-15-9(20)3-5-18(7)11-8(2-4-13)10(21)12(6-19,22-11)16-17-14;2*1-3-8-10(20)12(6-18,15-16-13)21-11(8)17-5-4-9(19)14-7(17)2/h1,5-6,8,11-12,17-18H,3,7H2,2H3,(H2,14,15);2-5,8,10-11,14,19,21H,1,6H2;4-5,8,10-11,13,18,20H,2-3,6H2,1H3;3-5,8,10-11,13,18,20H,1-2,6H2/p+3/t8-,11-,12+,13+;3*8-,10-,11+,12+/m0000/s1. The van der Waals surface area contributed by atoms with E-state index in [-0.39, 0.29) is 35.3 Å². The second kappa shape index (κ2) is 27.7. The summed E-state index contributed by atoms with van der Waals surface area (Å²) in [5.74, 6) is 0.821. The van der Waals surface area contributed by atoms with Crippen LogP contribution in [0.1, 0.15) is 20.3 Å². The van der Waals surface area contributed by atoms with Crippen molar-refractivity contribution in [3.8, 4) is 12.3 Å². The molecular formula is C49H66ClN18O15+3. The van der Waals surface area contributed by atoms with E-state index in [1.54, 1.807) is 29.0 Å². The number of aliphatic hydroxyl groups is 8. The summed E-state index contributed by atoms with van der Waals surface area (Å²) in [4.78, 5) is 52.6. The lowest BCUT2D eigenvalue weighted by atomic mass is 9.92. The van der Waals surface area contributed by atoms with Crippen molar-refractivity contribution in [1.29, 1.82) is 16.6 Å². The van der Waals surface area contributed by atoms with Gasteiger partial charge in [0.1, 0.15) is 115 Å². The topological polar surface area (TPSA) is 488 Å². The second-order valence-corrected chi connectivity index (χ2v) is 19.2. The molecule has 4 saturated heterocycles. The molecular weight excluding hydrogens is 1120 g/mol. The van der Waals surface area contributed by atoms with Gasteiger partial charge in [-0.25, -0.2) is 4.99 Å². The number of amidine groups is 1. The molecule has 8 heterocycles. The normalized spacial score (nSPS) is 35.9. The van der Waals surface area contributed by atoms with E-state index in [0.29, 0.717) is 23.9 Å². The molecule has 0 unspecified atom stereocenters. The van der Waals surface area contributed by atoms with Gasteiger partial charge in [-0.15, -0.1) is 13.0 Å². The minimum absolute atomic E-state index is 0.231. The summed E-state index contributed by atoms with van der Waals surface area (Å²) in [5.41, 5.74) is 20.6. The zero-order valence-electron chi connectivity index (χ0n) is 44.7. The van der Waals surface area contributed by atoms with Crippen LogP contribution >= 0.6 is 11.6 Å². The van der Waals surface area contributed by atoms with Crippen LogP contribution in [0.5, 0.6) is 0 Å². The van der Waals surface area contributed by atoms with Crippen LogP contribution in [-0.2, 0) is 33.3 Å². The van der Waals surface area contributed by atoms with E-state index in [0.717, 1.165) is 0 Å². The number of nitrogens with zero attached hydrogens (tertiary/aromatic N) is 11. The van der Waals surface area contributed by atoms with Crippen molar-refractivity contribution in [2.75, 3.05) is 26.4 Å². The molecule has 0 aromatic carbocycles. The van der Waals surface area contributed by atoms with Crippen molar-refractivity contribution in [3.63, 3.8) is 0 Å². The summed E-state index contributed by atoms with van der Waals surface area (Å²) in [6, 6.07) is 0. The Morgan fingerprint density at radius 3 is 1.46 bits per heavy atom. The van der Waals surface area contributed by atoms with Gasteiger partial charge < -0.3 is 101 Å². The largest absolute Gasteiger partial charge is 0.392 e. The first-order valence-corrected chi connectivity index (χ1v) is 25.2. The molecule has 0 saturated carbocycles. The number of nitrogens with one attached hydrogen (secondary N) is 6. The maximum absolute atomic E-state index is 11.3. The highest BCUT2D eigenvalue weighted by molar-refractivity contribution is 6.25. The van der Waals surface area contributed by atoms with Crippen molar-refractivity contribution in [2.45, 2.75) is 92.4 Å². The van der Waals surface area contributed by atoms with Gasteiger partial charge in [0.2, 0.25) is 14.7 Å². The van der Waals surface area contributed by atoms with Crippen molar-refractivity contribution < 1.29 is 74.2 Å². The Labute approximate surface area is 478 Å². The van der Waals surface area contributed by atoms with Gasteiger partial charge in [0.05, 0.1) is 18.4 Å². The number of carbonyl (C=O) groups is 3. The van der Waals surface area contributed by atoms with Crippen molar-refractivity contribution in [3.05, 3.63) is 123 Å². The first-order chi connectivity index (χ1) is 39.4. The number of ether oxygens (including phenoxy) is 4. The number of aliphatic imine (C=N–C) groups is 1. The van der Waals surface area contributed by atoms with Gasteiger partial charge in [0.15, 0.2) is 20.9 Å². The lowest BCUT2D eigenvalue weighted by molar-refractivity contribution is -0.136. The number of carbonyl (C=O) groups excluding carboxylic acids is 3. The van der Waals surface area contributed by atoms with E-state index < -0.39 is 116 Å². The van der Waals surface area contributed by atoms with E-state index in [4.69, 9.17) is 59.3 Å². The average Bonchev–Trinajstić information content (AvgIpc) is 2.47. The number of hydrogen-bond acceptors (Lipinski definition) is 27. The highest BCUT2D eigenvalue weighted by Crippen LogP contribution is 2.43. The van der Waals surface area contributed by atoms with Crippen LogP contribution in [0.15, 0.2) is 143 Å². The highest BCUT2D eigenvalue weighted by atomic mass is 35.5. The second-order valence-electron chi connectivity index (χ2n) is 18.9. The van der Waals surface area contributed by atoms with Gasteiger partial charge in [-0.3, -0.25) is 14.4 Å². The Balaban J connectivity index is 0.000000203. The smallest absolute Gasteiger partial charge is 0.293 e.